The quantitative estimate of drug-likeness (QED) is 0.733. The van der Waals surface area contributed by atoms with Crippen LogP contribution in [0.25, 0.3) is 0 Å². The second kappa shape index (κ2) is 5.46. The fourth-order valence-corrected chi connectivity index (χ4v) is 1.85. The van der Waals surface area contributed by atoms with Gasteiger partial charge in [0.05, 0.1) is 15.7 Å². The summed E-state index contributed by atoms with van der Waals surface area (Å²) in [5, 5.41) is 0. The summed E-state index contributed by atoms with van der Waals surface area (Å²) < 4.78 is 16.5. The number of hydrogen-bond donors (Lipinski definition) is 0. The molecule has 0 spiro atoms. The van der Waals surface area contributed by atoms with Crippen LogP contribution in [0.1, 0.15) is 6.92 Å². The van der Waals surface area contributed by atoms with Crippen LogP contribution in [-0.4, -0.2) is 16.8 Å². The number of carbonyl (C=O) groups is 1. The lowest BCUT2D eigenvalue weighted by molar-refractivity contribution is -0.139. The first-order valence-corrected chi connectivity index (χ1v) is 5.54. The normalized spacial score (nSPS) is 11.8. The van der Waals surface area contributed by atoms with E-state index in [0.717, 1.165) is 0 Å². The highest BCUT2D eigenvalue weighted by Crippen LogP contribution is 2.12. The average Bonchev–Trinajstić information content (AvgIpc) is 2.26. The minimum atomic E-state index is -1.32. The molecule has 0 radical (unpaired) electrons. The molecule has 1 aromatic carbocycles. The molecule has 80 valence electrons. The Morgan fingerprint density at radius 1 is 1.40 bits per heavy atom. The number of rotatable bonds is 4. The fraction of sp³-hybridized carbons (Fsp3) is 0.182. The van der Waals surface area contributed by atoms with Gasteiger partial charge in [-0.3, -0.25) is 4.79 Å². The van der Waals surface area contributed by atoms with Crippen LogP contribution in [0.2, 0.25) is 0 Å². The zero-order valence-electron chi connectivity index (χ0n) is 8.43. The van der Waals surface area contributed by atoms with Gasteiger partial charge in [0, 0.05) is 11.8 Å². The van der Waals surface area contributed by atoms with Crippen LogP contribution >= 0.6 is 0 Å². The van der Waals surface area contributed by atoms with E-state index in [9.17, 15) is 9.00 Å². The Kier molecular flexibility index (Phi) is 4.24. The molecule has 0 heterocycles. The van der Waals surface area contributed by atoms with E-state index >= 15 is 0 Å². The molecule has 1 unspecified atom stereocenters. The summed E-state index contributed by atoms with van der Waals surface area (Å²) in [4.78, 5) is 11.6. The highest BCUT2D eigenvalue weighted by Gasteiger charge is 2.08. The first-order valence-electron chi connectivity index (χ1n) is 4.39. The van der Waals surface area contributed by atoms with E-state index in [-0.39, 0.29) is 6.61 Å². The zero-order chi connectivity index (χ0) is 11.3. The first-order chi connectivity index (χ1) is 7.11. The van der Waals surface area contributed by atoms with Gasteiger partial charge in [-0.05, 0) is 12.1 Å². The summed E-state index contributed by atoms with van der Waals surface area (Å²) in [6, 6.07) is 8.93. The monoisotopic (exact) mass is 224 g/mol. The predicted molar refractivity (Wildman–Crippen MR) is 58.6 cm³/mol. The van der Waals surface area contributed by atoms with E-state index in [1.54, 1.807) is 24.3 Å². The first kappa shape index (κ1) is 11.7. The van der Waals surface area contributed by atoms with E-state index in [1.165, 1.54) is 6.92 Å². The molecule has 0 aliphatic heterocycles. The summed E-state index contributed by atoms with van der Waals surface area (Å²) in [6.45, 7) is 4.93. The molecule has 0 saturated heterocycles. The lowest BCUT2D eigenvalue weighted by atomic mass is 10.4. The Labute approximate surface area is 91.2 Å². The molecule has 0 bridgehead atoms. The molecule has 1 aromatic rings. The van der Waals surface area contributed by atoms with E-state index in [2.05, 4.69) is 6.58 Å². The molecule has 15 heavy (non-hydrogen) atoms. The molecule has 4 heteroatoms. The van der Waals surface area contributed by atoms with Crippen LogP contribution in [0.3, 0.4) is 0 Å². The third-order valence-electron chi connectivity index (χ3n) is 1.66. The van der Waals surface area contributed by atoms with Crippen molar-refractivity contribution in [3.63, 3.8) is 0 Å². The van der Waals surface area contributed by atoms with Gasteiger partial charge in [0.25, 0.3) is 0 Å². The number of carbonyl (C=O) groups excluding carboxylic acids is 1. The standard InChI is InChI=1S/C11H12O3S/c1-9(8-14-10(2)12)15(13)11-6-4-3-5-7-11/h3-7H,1,8H2,2H3. The van der Waals surface area contributed by atoms with Crippen LogP contribution in [0.15, 0.2) is 46.7 Å². The Morgan fingerprint density at radius 2 is 2.00 bits per heavy atom. The van der Waals surface area contributed by atoms with E-state index in [1.807, 2.05) is 6.07 Å². The largest absolute Gasteiger partial charge is 0.460 e. The van der Waals surface area contributed by atoms with Gasteiger partial charge in [-0.25, -0.2) is 4.21 Å². The molecule has 3 nitrogen and oxygen atoms in total. The minimum absolute atomic E-state index is 0.00314. The van der Waals surface area contributed by atoms with Gasteiger partial charge in [-0.2, -0.15) is 0 Å². The average molecular weight is 224 g/mol. The maximum Gasteiger partial charge on any atom is 0.302 e. The van der Waals surface area contributed by atoms with Gasteiger partial charge < -0.3 is 4.74 Å². The molecule has 1 rings (SSSR count). The summed E-state index contributed by atoms with van der Waals surface area (Å²) in [5.74, 6) is -0.402. The molecule has 0 saturated carbocycles. The highest BCUT2D eigenvalue weighted by molar-refractivity contribution is 7.89. The lowest BCUT2D eigenvalue weighted by Crippen LogP contribution is -2.06. The number of hydrogen-bond acceptors (Lipinski definition) is 3. The number of esters is 1. The van der Waals surface area contributed by atoms with Crippen molar-refractivity contribution >= 4 is 16.8 Å². The van der Waals surface area contributed by atoms with E-state index in [0.29, 0.717) is 9.80 Å². The van der Waals surface area contributed by atoms with Gasteiger partial charge in [-0.15, -0.1) is 0 Å². The van der Waals surface area contributed by atoms with Crippen molar-refractivity contribution in [2.24, 2.45) is 0 Å². The van der Waals surface area contributed by atoms with Crippen molar-refractivity contribution in [3.05, 3.63) is 41.8 Å². The van der Waals surface area contributed by atoms with Crippen molar-refractivity contribution < 1.29 is 13.7 Å². The van der Waals surface area contributed by atoms with Gasteiger partial charge in [0.15, 0.2) is 0 Å². The molecule has 0 aromatic heterocycles. The maximum absolute atomic E-state index is 11.8. The summed E-state index contributed by atoms with van der Waals surface area (Å²) in [7, 11) is -1.32. The fourth-order valence-electron chi connectivity index (χ4n) is 0.946. The third-order valence-corrected chi connectivity index (χ3v) is 3.00. The van der Waals surface area contributed by atoms with Crippen LogP contribution in [0.5, 0.6) is 0 Å². The summed E-state index contributed by atoms with van der Waals surface area (Å²) >= 11 is 0. The maximum atomic E-state index is 11.8. The lowest BCUT2D eigenvalue weighted by Gasteiger charge is -2.05. The molecule has 0 N–H and O–H groups in total. The second-order valence-electron chi connectivity index (χ2n) is 2.90. The van der Waals surface area contributed by atoms with E-state index in [4.69, 9.17) is 4.74 Å². The minimum Gasteiger partial charge on any atom is -0.460 e. The van der Waals surface area contributed by atoms with Crippen LogP contribution < -0.4 is 0 Å². The van der Waals surface area contributed by atoms with Crippen LogP contribution in [0, 0.1) is 0 Å². The molecule has 0 amide bonds. The molecule has 0 fully saturated rings. The van der Waals surface area contributed by atoms with Crippen LogP contribution in [-0.2, 0) is 20.3 Å². The van der Waals surface area contributed by atoms with Crippen LogP contribution in [0.4, 0.5) is 0 Å². The molecule has 0 aliphatic rings. The Hall–Kier alpha value is -1.42. The van der Waals surface area contributed by atoms with Gasteiger partial charge in [-0.1, -0.05) is 24.8 Å². The Balaban J connectivity index is 2.62. The van der Waals surface area contributed by atoms with Gasteiger partial charge >= 0.3 is 5.97 Å². The van der Waals surface area contributed by atoms with E-state index < -0.39 is 16.8 Å². The van der Waals surface area contributed by atoms with Crippen molar-refractivity contribution in [1.82, 2.24) is 0 Å². The predicted octanol–water partition coefficient (Wildman–Crippen LogP) is 1.87. The third kappa shape index (κ3) is 3.67. The molecule has 0 aliphatic carbocycles. The summed E-state index contributed by atoms with van der Waals surface area (Å²) in [5.41, 5.74) is 0. The zero-order valence-corrected chi connectivity index (χ0v) is 9.25. The summed E-state index contributed by atoms with van der Waals surface area (Å²) in [6.07, 6.45) is 0. The van der Waals surface area contributed by atoms with Crippen molar-refractivity contribution in [1.29, 1.82) is 0 Å². The topological polar surface area (TPSA) is 43.4 Å². The van der Waals surface area contributed by atoms with Crippen molar-refractivity contribution in [2.45, 2.75) is 11.8 Å². The van der Waals surface area contributed by atoms with Crippen molar-refractivity contribution in [3.8, 4) is 0 Å². The Bertz CT molecular complexity index is 384. The molecular weight excluding hydrogens is 212 g/mol. The molecular formula is C11H12O3S. The van der Waals surface area contributed by atoms with Gasteiger partial charge in [0.1, 0.15) is 6.61 Å². The highest BCUT2D eigenvalue weighted by atomic mass is 32.2. The molecule has 1 atom stereocenters. The second-order valence-corrected chi connectivity index (χ2v) is 4.49. The van der Waals surface area contributed by atoms with Crippen molar-refractivity contribution in [2.75, 3.05) is 6.61 Å². The SMILES string of the molecule is C=C(COC(C)=O)S(=O)c1ccccc1. The number of benzene rings is 1. The Morgan fingerprint density at radius 3 is 2.53 bits per heavy atom. The van der Waals surface area contributed by atoms with Gasteiger partial charge in [0.2, 0.25) is 0 Å². The smallest absolute Gasteiger partial charge is 0.302 e. The number of ether oxygens (including phenoxy) is 1.